The number of hydrogen-bond donors (Lipinski definition) is 1. The molecule has 0 bridgehead atoms. The number of esters is 1. The van der Waals surface area contributed by atoms with E-state index in [9.17, 15) is 18.0 Å². The van der Waals surface area contributed by atoms with E-state index in [2.05, 4.69) is 4.74 Å². The minimum atomic E-state index is -4.55. The Morgan fingerprint density at radius 1 is 1.46 bits per heavy atom. The third-order valence-electron chi connectivity index (χ3n) is 1.17. The third kappa shape index (κ3) is 5.46. The van der Waals surface area contributed by atoms with Crippen LogP contribution in [0.25, 0.3) is 0 Å². The molecule has 0 rings (SSSR count). The predicted molar refractivity (Wildman–Crippen MR) is 39.9 cm³/mol. The van der Waals surface area contributed by atoms with E-state index in [1.54, 1.807) is 13.8 Å². The van der Waals surface area contributed by atoms with Crippen molar-refractivity contribution in [1.82, 2.24) is 0 Å². The fourth-order valence-electron chi connectivity index (χ4n) is 0.606. The minimum absolute atomic E-state index is 0.423. The molecule has 0 saturated carbocycles. The van der Waals surface area contributed by atoms with Gasteiger partial charge in [0.2, 0.25) is 0 Å². The summed E-state index contributed by atoms with van der Waals surface area (Å²) in [6.45, 7) is 3.11. The first-order valence-electron chi connectivity index (χ1n) is 3.75. The van der Waals surface area contributed by atoms with Crippen LogP contribution in [0, 0.1) is 0 Å². The summed E-state index contributed by atoms with van der Waals surface area (Å²) < 4.78 is 39.9. The fourth-order valence-corrected chi connectivity index (χ4v) is 0.606. The van der Waals surface area contributed by atoms with Gasteiger partial charge >= 0.3 is 12.1 Å². The first kappa shape index (κ1) is 12.2. The summed E-state index contributed by atoms with van der Waals surface area (Å²) in [5.41, 5.74) is 4.70. The highest BCUT2D eigenvalue weighted by molar-refractivity contribution is 5.70. The molecule has 1 atom stereocenters. The van der Waals surface area contributed by atoms with Crippen molar-refractivity contribution in [3.05, 3.63) is 0 Å². The molecule has 0 spiro atoms. The largest absolute Gasteiger partial charge is 0.463 e. The molecule has 0 aromatic heterocycles. The minimum Gasteiger partial charge on any atom is -0.463 e. The van der Waals surface area contributed by atoms with Gasteiger partial charge in [-0.15, -0.1) is 0 Å². The second kappa shape index (κ2) is 4.45. The Labute approximate surface area is 74.0 Å². The van der Waals surface area contributed by atoms with Crippen molar-refractivity contribution in [3.8, 4) is 0 Å². The zero-order chi connectivity index (χ0) is 10.6. The van der Waals surface area contributed by atoms with Gasteiger partial charge in [0.1, 0.15) is 6.04 Å². The number of hydrogen-bond acceptors (Lipinski definition) is 3. The Kier molecular flexibility index (Phi) is 4.19. The van der Waals surface area contributed by atoms with E-state index < -0.39 is 30.7 Å². The maximum absolute atomic E-state index is 11.8. The SMILES string of the molecule is CC(C)OC(=O)C[C@H](N)C(F)(F)F. The van der Waals surface area contributed by atoms with Crippen LogP contribution in [0.2, 0.25) is 0 Å². The van der Waals surface area contributed by atoms with Gasteiger partial charge in [0.25, 0.3) is 0 Å². The Bertz CT molecular complexity index is 179. The highest BCUT2D eigenvalue weighted by atomic mass is 19.4. The van der Waals surface area contributed by atoms with Gasteiger partial charge in [-0.3, -0.25) is 4.79 Å². The lowest BCUT2D eigenvalue weighted by Gasteiger charge is -2.15. The summed E-state index contributed by atoms with van der Waals surface area (Å²) in [7, 11) is 0. The average Bonchev–Trinajstić information content (AvgIpc) is 1.82. The monoisotopic (exact) mass is 199 g/mol. The van der Waals surface area contributed by atoms with E-state index in [1.165, 1.54) is 0 Å². The van der Waals surface area contributed by atoms with Gasteiger partial charge in [-0.25, -0.2) is 0 Å². The van der Waals surface area contributed by atoms with Crippen molar-refractivity contribution < 1.29 is 22.7 Å². The Balaban J connectivity index is 3.93. The summed E-state index contributed by atoms with van der Waals surface area (Å²) in [6, 6.07) is -2.14. The molecule has 0 unspecified atom stereocenters. The second-order valence-corrected chi connectivity index (χ2v) is 2.89. The molecule has 0 aromatic rings. The van der Waals surface area contributed by atoms with Gasteiger partial charge in [0.05, 0.1) is 12.5 Å². The molecule has 0 aliphatic heterocycles. The summed E-state index contributed by atoms with van der Waals surface area (Å²) in [4.78, 5) is 10.7. The Morgan fingerprint density at radius 3 is 2.23 bits per heavy atom. The number of rotatable bonds is 3. The number of carbonyl (C=O) groups excluding carboxylic acids is 1. The van der Waals surface area contributed by atoms with Crippen molar-refractivity contribution in [2.24, 2.45) is 5.73 Å². The van der Waals surface area contributed by atoms with Crippen LogP contribution in [0.3, 0.4) is 0 Å². The summed E-state index contributed by atoms with van der Waals surface area (Å²) in [6.07, 6.45) is -5.80. The topological polar surface area (TPSA) is 52.3 Å². The lowest BCUT2D eigenvalue weighted by atomic mass is 10.2. The van der Waals surface area contributed by atoms with E-state index in [0.29, 0.717) is 0 Å². The quantitative estimate of drug-likeness (QED) is 0.695. The van der Waals surface area contributed by atoms with E-state index in [-0.39, 0.29) is 0 Å². The smallest absolute Gasteiger partial charge is 0.404 e. The van der Waals surface area contributed by atoms with Crippen LogP contribution in [0.5, 0.6) is 0 Å². The highest BCUT2D eigenvalue weighted by Crippen LogP contribution is 2.20. The zero-order valence-corrected chi connectivity index (χ0v) is 7.39. The number of ether oxygens (including phenoxy) is 1. The summed E-state index contributed by atoms with van der Waals surface area (Å²) in [5.74, 6) is -0.931. The van der Waals surface area contributed by atoms with Gasteiger partial charge in [0, 0.05) is 0 Å². The van der Waals surface area contributed by atoms with Crippen LogP contribution in [0.1, 0.15) is 20.3 Å². The van der Waals surface area contributed by atoms with Crippen LogP contribution in [0.4, 0.5) is 13.2 Å². The molecule has 0 amide bonds. The summed E-state index contributed by atoms with van der Waals surface area (Å²) >= 11 is 0. The molecule has 78 valence electrons. The van der Waals surface area contributed by atoms with Crippen molar-refractivity contribution in [2.45, 2.75) is 38.6 Å². The fraction of sp³-hybridized carbons (Fsp3) is 0.857. The maximum Gasteiger partial charge on any atom is 0.404 e. The normalized spacial score (nSPS) is 14.4. The standard InChI is InChI=1S/C7H12F3NO2/c1-4(2)13-6(12)3-5(11)7(8,9)10/h4-5H,3,11H2,1-2H3/t5-/m0/s1. The van der Waals surface area contributed by atoms with Crippen LogP contribution < -0.4 is 5.73 Å². The Morgan fingerprint density at radius 2 is 1.92 bits per heavy atom. The van der Waals surface area contributed by atoms with Crippen LogP contribution >= 0.6 is 0 Å². The number of nitrogens with two attached hydrogens (primary N) is 1. The second-order valence-electron chi connectivity index (χ2n) is 2.89. The van der Waals surface area contributed by atoms with Crippen LogP contribution in [-0.4, -0.2) is 24.3 Å². The molecule has 0 saturated heterocycles. The van der Waals surface area contributed by atoms with Gasteiger partial charge in [-0.05, 0) is 13.8 Å². The maximum atomic E-state index is 11.8. The van der Waals surface area contributed by atoms with Gasteiger partial charge < -0.3 is 10.5 Å². The molecule has 0 aromatic carbocycles. The molecular formula is C7H12F3NO2. The molecule has 0 heterocycles. The van der Waals surface area contributed by atoms with E-state index in [0.717, 1.165) is 0 Å². The summed E-state index contributed by atoms with van der Waals surface area (Å²) in [5, 5.41) is 0. The first-order chi connectivity index (χ1) is 5.73. The predicted octanol–water partition coefficient (Wildman–Crippen LogP) is 1.22. The molecule has 0 radical (unpaired) electrons. The van der Waals surface area contributed by atoms with Gasteiger partial charge in [-0.1, -0.05) is 0 Å². The average molecular weight is 199 g/mol. The lowest BCUT2D eigenvalue weighted by molar-refractivity contribution is -0.166. The van der Waals surface area contributed by atoms with Crippen LogP contribution in [0.15, 0.2) is 0 Å². The van der Waals surface area contributed by atoms with E-state index in [4.69, 9.17) is 5.73 Å². The molecule has 0 fully saturated rings. The lowest BCUT2D eigenvalue weighted by Crippen LogP contribution is -2.39. The highest BCUT2D eigenvalue weighted by Gasteiger charge is 2.38. The molecular weight excluding hydrogens is 187 g/mol. The van der Waals surface area contributed by atoms with Crippen molar-refractivity contribution in [2.75, 3.05) is 0 Å². The molecule has 0 aliphatic carbocycles. The number of alkyl halides is 3. The first-order valence-corrected chi connectivity index (χ1v) is 3.75. The van der Waals surface area contributed by atoms with Gasteiger partial charge in [0.15, 0.2) is 0 Å². The Hall–Kier alpha value is -0.780. The van der Waals surface area contributed by atoms with Gasteiger partial charge in [-0.2, -0.15) is 13.2 Å². The van der Waals surface area contributed by atoms with Crippen molar-refractivity contribution in [1.29, 1.82) is 0 Å². The molecule has 0 aliphatic rings. The third-order valence-corrected chi connectivity index (χ3v) is 1.17. The van der Waals surface area contributed by atoms with E-state index >= 15 is 0 Å². The number of halogens is 3. The number of carbonyl (C=O) groups is 1. The molecule has 2 N–H and O–H groups in total. The molecule has 6 heteroatoms. The zero-order valence-electron chi connectivity index (χ0n) is 7.39. The van der Waals surface area contributed by atoms with Crippen molar-refractivity contribution in [3.63, 3.8) is 0 Å². The van der Waals surface area contributed by atoms with E-state index in [1.807, 2.05) is 0 Å². The van der Waals surface area contributed by atoms with Crippen molar-refractivity contribution >= 4 is 5.97 Å². The van der Waals surface area contributed by atoms with Crippen LogP contribution in [-0.2, 0) is 9.53 Å². The molecule has 13 heavy (non-hydrogen) atoms. The molecule has 3 nitrogen and oxygen atoms in total.